The molecule has 1 saturated heterocycles. The van der Waals surface area contributed by atoms with Crippen molar-refractivity contribution in [3.8, 4) is 0 Å². The standard InChI is InChI=1S/C10H9BrClN3O3/c1-18-9(17)5-2-7(16)15(4-5)10-13-3-6(11)8(12)14-10/h3,5H,2,4H2,1H3. The molecule has 1 aliphatic rings. The lowest BCUT2D eigenvalue weighted by Crippen LogP contribution is -2.28. The van der Waals surface area contributed by atoms with Crippen molar-refractivity contribution in [3.63, 3.8) is 0 Å². The fourth-order valence-electron chi connectivity index (χ4n) is 1.69. The number of nitrogens with zero attached hydrogens (tertiary/aromatic N) is 3. The van der Waals surface area contributed by atoms with Crippen LogP contribution >= 0.6 is 27.5 Å². The first-order chi connectivity index (χ1) is 8.52. The third-order valence-electron chi connectivity index (χ3n) is 2.59. The number of hydrogen-bond donors (Lipinski definition) is 0. The Kier molecular flexibility index (Phi) is 3.82. The van der Waals surface area contributed by atoms with Gasteiger partial charge in [-0.25, -0.2) is 4.98 Å². The number of carbonyl (C=O) groups is 2. The molecule has 0 saturated carbocycles. The third-order valence-corrected chi connectivity index (χ3v) is 3.69. The van der Waals surface area contributed by atoms with Crippen molar-refractivity contribution in [3.05, 3.63) is 15.8 Å². The van der Waals surface area contributed by atoms with E-state index < -0.39 is 11.9 Å². The average molecular weight is 335 g/mol. The summed E-state index contributed by atoms with van der Waals surface area (Å²) >= 11 is 9.00. The number of amides is 1. The lowest BCUT2D eigenvalue weighted by Gasteiger charge is -2.14. The van der Waals surface area contributed by atoms with E-state index in [0.717, 1.165) is 0 Å². The fraction of sp³-hybridized carbons (Fsp3) is 0.400. The van der Waals surface area contributed by atoms with Gasteiger partial charge in [-0.05, 0) is 15.9 Å². The van der Waals surface area contributed by atoms with Crippen LogP contribution in [0.4, 0.5) is 5.95 Å². The highest BCUT2D eigenvalue weighted by Crippen LogP contribution is 2.26. The van der Waals surface area contributed by atoms with Crippen molar-refractivity contribution < 1.29 is 14.3 Å². The zero-order valence-electron chi connectivity index (χ0n) is 9.39. The minimum Gasteiger partial charge on any atom is -0.469 e. The van der Waals surface area contributed by atoms with Crippen LogP contribution in [0.3, 0.4) is 0 Å². The van der Waals surface area contributed by atoms with E-state index >= 15 is 0 Å². The number of carbonyl (C=O) groups excluding carboxylic acids is 2. The number of rotatable bonds is 2. The molecule has 0 spiro atoms. The summed E-state index contributed by atoms with van der Waals surface area (Å²) in [4.78, 5) is 32.5. The Morgan fingerprint density at radius 3 is 3.00 bits per heavy atom. The van der Waals surface area contributed by atoms with Crippen LogP contribution in [-0.4, -0.2) is 35.5 Å². The molecule has 0 N–H and O–H groups in total. The van der Waals surface area contributed by atoms with Gasteiger partial charge in [0, 0.05) is 19.2 Å². The topological polar surface area (TPSA) is 72.4 Å². The van der Waals surface area contributed by atoms with E-state index in [1.54, 1.807) is 0 Å². The van der Waals surface area contributed by atoms with Crippen LogP contribution in [0.25, 0.3) is 0 Å². The first-order valence-corrected chi connectivity index (χ1v) is 6.26. The Morgan fingerprint density at radius 2 is 2.39 bits per heavy atom. The number of halogens is 2. The summed E-state index contributed by atoms with van der Waals surface area (Å²) in [6.45, 7) is 0.212. The van der Waals surface area contributed by atoms with E-state index in [9.17, 15) is 9.59 Å². The molecule has 2 rings (SSSR count). The van der Waals surface area contributed by atoms with E-state index in [1.807, 2.05) is 0 Å². The minimum absolute atomic E-state index is 0.101. The second-order valence-corrected chi connectivity index (χ2v) is 4.95. The van der Waals surface area contributed by atoms with Crippen LogP contribution in [0.5, 0.6) is 0 Å². The molecule has 0 aromatic carbocycles. The second kappa shape index (κ2) is 5.19. The zero-order valence-corrected chi connectivity index (χ0v) is 11.7. The van der Waals surface area contributed by atoms with Gasteiger partial charge in [0.05, 0.1) is 17.5 Å². The van der Waals surface area contributed by atoms with E-state index in [-0.39, 0.29) is 30.0 Å². The van der Waals surface area contributed by atoms with Gasteiger partial charge >= 0.3 is 5.97 Å². The number of hydrogen-bond acceptors (Lipinski definition) is 5. The largest absolute Gasteiger partial charge is 0.469 e. The van der Waals surface area contributed by atoms with Gasteiger partial charge in [-0.2, -0.15) is 4.98 Å². The first kappa shape index (κ1) is 13.2. The fourth-order valence-corrected chi connectivity index (χ4v) is 2.01. The number of methoxy groups -OCH3 is 1. The molecule has 8 heteroatoms. The highest BCUT2D eigenvalue weighted by atomic mass is 79.9. The maximum Gasteiger partial charge on any atom is 0.311 e. The van der Waals surface area contributed by atoms with Gasteiger partial charge < -0.3 is 4.74 Å². The Bertz CT molecular complexity index is 511. The lowest BCUT2D eigenvalue weighted by atomic mass is 10.1. The molecule has 1 aliphatic heterocycles. The predicted molar refractivity (Wildman–Crippen MR) is 67.2 cm³/mol. The SMILES string of the molecule is COC(=O)C1CC(=O)N(c2ncc(Br)c(Cl)n2)C1. The number of aromatic nitrogens is 2. The van der Waals surface area contributed by atoms with E-state index in [1.165, 1.54) is 18.2 Å². The summed E-state index contributed by atoms with van der Waals surface area (Å²) in [6, 6.07) is 0. The molecule has 1 aromatic rings. The molecule has 96 valence electrons. The number of esters is 1. The van der Waals surface area contributed by atoms with Gasteiger partial charge in [0.2, 0.25) is 11.9 Å². The highest BCUT2D eigenvalue weighted by Gasteiger charge is 2.37. The average Bonchev–Trinajstić information content (AvgIpc) is 2.74. The Labute approximate surface area is 116 Å². The first-order valence-electron chi connectivity index (χ1n) is 5.09. The molecule has 18 heavy (non-hydrogen) atoms. The summed E-state index contributed by atoms with van der Waals surface area (Å²) in [5.74, 6) is -0.911. The molecule has 2 heterocycles. The maximum atomic E-state index is 11.8. The van der Waals surface area contributed by atoms with E-state index in [2.05, 4.69) is 30.6 Å². The molecule has 1 amide bonds. The molecular weight excluding hydrogens is 325 g/mol. The van der Waals surface area contributed by atoms with Crippen LogP contribution < -0.4 is 4.90 Å². The van der Waals surface area contributed by atoms with Crippen LogP contribution in [-0.2, 0) is 14.3 Å². The van der Waals surface area contributed by atoms with Gasteiger partial charge in [0.15, 0.2) is 0 Å². The summed E-state index contributed by atoms with van der Waals surface area (Å²) in [6.07, 6.45) is 1.56. The van der Waals surface area contributed by atoms with Gasteiger partial charge in [-0.15, -0.1) is 0 Å². The van der Waals surface area contributed by atoms with Crippen LogP contribution in [0, 0.1) is 5.92 Å². The number of ether oxygens (including phenoxy) is 1. The maximum absolute atomic E-state index is 11.8. The van der Waals surface area contributed by atoms with Crippen molar-refractivity contribution in [2.45, 2.75) is 6.42 Å². The third kappa shape index (κ3) is 2.46. The monoisotopic (exact) mass is 333 g/mol. The minimum atomic E-state index is -0.478. The van der Waals surface area contributed by atoms with Crippen molar-refractivity contribution in [2.75, 3.05) is 18.6 Å². The van der Waals surface area contributed by atoms with Crippen LogP contribution in [0.1, 0.15) is 6.42 Å². The Hall–Kier alpha value is -1.21. The van der Waals surface area contributed by atoms with Crippen LogP contribution in [0.15, 0.2) is 10.7 Å². The molecule has 1 unspecified atom stereocenters. The smallest absolute Gasteiger partial charge is 0.311 e. The summed E-state index contributed by atoms with van der Waals surface area (Å²) in [7, 11) is 1.29. The summed E-state index contributed by atoms with van der Waals surface area (Å²) < 4.78 is 5.16. The summed E-state index contributed by atoms with van der Waals surface area (Å²) in [5, 5.41) is 0.217. The normalized spacial score (nSPS) is 19.2. The summed E-state index contributed by atoms with van der Waals surface area (Å²) in [5.41, 5.74) is 0. The van der Waals surface area contributed by atoms with Gasteiger partial charge in [0.25, 0.3) is 0 Å². The second-order valence-electron chi connectivity index (χ2n) is 3.74. The molecule has 1 atom stereocenters. The molecule has 0 aliphatic carbocycles. The van der Waals surface area contributed by atoms with Crippen LogP contribution in [0.2, 0.25) is 5.15 Å². The van der Waals surface area contributed by atoms with Gasteiger partial charge in [-0.3, -0.25) is 14.5 Å². The lowest BCUT2D eigenvalue weighted by molar-refractivity contribution is -0.145. The van der Waals surface area contributed by atoms with Gasteiger partial charge in [0.1, 0.15) is 5.15 Å². The van der Waals surface area contributed by atoms with E-state index in [0.29, 0.717) is 4.47 Å². The Balaban J connectivity index is 2.21. The molecule has 0 bridgehead atoms. The zero-order chi connectivity index (χ0) is 13.3. The molecule has 1 fully saturated rings. The molecule has 1 aromatic heterocycles. The van der Waals surface area contributed by atoms with E-state index in [4.69, 9.17) is 11.6 Å². The molecule has 6 nitrogen and oxygen atoms in total. The van der Waals surface area contributed by atoms with Gasteiger partial charge in [-0.1, -0.05) is 11.6 Å². The highest BCUT2D eigenvalue weighted by molar-refractivity contribution is 9.10. The number of anilines is 1. The molecule has 0 radical (unpaired) electrons. The predicted octanol–water partition coefficient (Wildman–Crippen LogP) is 1.42. The Morgan fingerprint density at radius 1 is 1.67 bits per heavy atom. The van der Waals surface area contributed by atoms with Crippen molar-refractivity contribution in [1.29, 1.82) is 0 Å². The van der Waals surface area contributed by atoms with Crippen molar-refractivity contribution >= 4 is 45.4 Å². The molecular formula is C10H9BrClN3O3. The van der Waals surface area contributed by atoms with Crippen molar-refractivity contribution in [2.24, 2.45) is 5.92 Å². The quantitative estimate of drug-likeness (QED) is 0.604. The van der Waals surface area contributed by atoms with Crippen molar-refractivity contribution in [1.82, 2.24) is 9.97 Å².